The first-order valence-electron chi connectivity index (χ1n) is 3.46. The normalized spacial score (nSPS) is 20.3. The van der Waals surface area contributed by atoms with Crippen LogP contribution < -0.4 is 0 Å². The molecular formula is C7H12O4. The fraction of sp³-hybridized carbons (Fsp3) is 0.857. The lowest BCUT2D eigenvalue weighted by Gasteiger charge is -2.19. The SMILES string of the molecule is COC(OC)C1(C(=O)O)CC1. The lowest BCUT2D eigenvalue weighted by atomic mass is 10.1. The Hall–Kier alpha value is -0.610. The Kier molecular flexibility index (Phi) is 2.15. The Morgan fingerprint density at radius 1 is 1.45 bits per heavy atom. The summed E-state index contributed by atoms with van der Waals surface area (Å²) in [7, 11) is 2.91. The molecule has 0 spiro atoms. The Morgan fingerprint density at radius 2 is 1.91 bits per heavy atom. The van der Waals surface area contributed by atoms with Crippen LogP contribution in [0.2, 0.25) is 0 Å². The van der Waals surface area contributed by atoms with Crippen LogP contribution >= 0.6 is 0 Å². The molecule has 0 aliphatic heterocycles. The van der Waals surface area contributed by atoms with Gasteiger partial charge in [-0.2, -0.15) is 0 Å². The molecule has 0 aromatic carbocycles. The molecule has 64 valence electrons. The van der Waals surface area contributed by atoms with Gasteiger partial charge in [0, 0.05) is 14.2 Å². The van der Waals surface area contributed by atoms with E-state index in [-0.39, 0.29) is 0 Å². The molecule has 0 radical (unpaired) electrons. The van der Waals surface area contributed by atoms with E-state index < -0.39 is 17.7 Å². The molecular weight excluding hydrogens is 148 g/mol. The molecule has 4 heteroatoms. The predicted octanol–water partition coefficient (Wildman–Crippen LogP) is 0.470. The van der Waals surface area contributed by atoms with E-state index in [0.717, 1.165) is 0 Å². The zero-order valence-electron chi connectivity index (χ0n) is 6.66. The molecule has 1 aliphatic rings. The Bertz CT molecular complexity index is 158. The highest BCUT2D eigenvalue weighted by atomic mass is 16.7. The van der Waals surface area contributed by atoms with E-state index >= 15 is 0 Å². The summed E-state index contributed by atoms with van der Waals surface area (Å²) in [5.74, 6) is -0.828. The molecule has 1 aliphatic carbocycles. The van der Waals surface area contributed by atoms with Gasteiger partial charge >= 0.3 is 5.97 Å². The highest BCUT2D eigenvalue weighted by molar-refractivity contribution is 5.78. The topological polar surface area (TPSA) is 55.8 Å². The number of carbonyl (C=O) groups is 1. The van der Waals surface area contributed by atoms with Crippen LogP contribution in [-0.4, -0.2) is 31.6 Å². The molecule has 1 rings (SSSR count). The number of ether oxygens (including phenoxy) is 2. The summed E-state index contributed by atoms with van der Waals surface area (Å²) in [6, 6.07) is 0. The third-order valence-corrected chi connectivity index (χ3v) is 2.09. The maximum atomic E-state index is 10.7. The zero-order chi connectivity index (χ0) is 8.48. The van der Waals surface area contributed by atoms with Gasteiger partial charge in [-0.05, 0) is 12.8 Å². The Morgan fingerprint density at radius 3 is 2.00 bits per heavy atom. The largest absolute Gasteiger partial charge is 0.481 e. The van der Waals surface area contributed by atoms with E-state index in [1.54, 1.807) is 0 Å². The molecule has 0 atom stereocenters. The number of aliphatic carboxylic acids is 1. The lowest BCUT2D eigenvalue weighted by molar-refractivity contribution is -0.177. The smallest absolute Gasteiger partial charge is 0.314 e. The first-order valence-corrected chi connectivity index (χ1v) is 3.46. The van der Waals surface area contributed by atoms with Crippen molar-refractivity contribution in [3.63, 3.8) is 0 Å². The molecule has 1 fully saturated rings. The average Bonchev–Trinajstić information content (AvgIpc) is 2.71. The first-order chi connectivity index (χ1) is 5.17. The molecule has 4 nitrogen and oxygen atoms in total. The summed E-state index contributed by atoms with van der Waals surface area (Å²) in [5, 5.41) is 8.78. The van der Waals surface area contributed by atoms with Crippen LogP contribution in [0, 0.1) is 5.41 Å². The predicted molar refractivity (Wildman–Crippen MR) is 37.1 cm³/mol. The van der Waals surface area contributed by atoms with E-state index in [9.17, 15) is 4.79 Å². The van der Waals surface area contributed by atoms with Crippen molar-refractivity contribution >= 4 is 5.97 Å². The maximum Gasteiger partial charge on any atom is 0.314 e. The highest BCUT2D eigenvalue weighted by Gasteiger charge is 2.57. The quantitative estimate of drug-likeness (QED) is 0.607. The van der Waals surface area contributed by atoms with Gasteiger partial charge in [0.1, 0.15) is 5.41 Å². The van der Waals surface area contributed by atoms with Gasteiger partial charge in [0.25, 0.3) is 0 Å². The minimum atomic E-state index is -0.828. The summed E-state index contributed by atoms with van der Waals surface area (Å²) in [6.45, 7) is 0. The standard InChI is InChI=1S/C7H12O4/c1-10-6(11-2)7(3-4-7)5(8)9/h6H,3-4H2,1-2H3,(H,8,9). The van der Waals surface area contributed by atoms with Crippen molar-refractivity contribution in [3.8, 4) is 0 Å². The van der Waals surface area contributed by atoms with Crippen molar-refractivity contribution < 1.29 is 19.4 Å². The summed E-state index contributed by atoms with van der Waals surface area (Å²) in [5.41, 5.74) is -0.760. The van der Waals surface area contributed by atoms with Crippen LogP contribution in [0.15, 0.2) is 0 Å². The van der Waals surface area contributed by atoms with Gasteiger partial charge in [0.05, 0.1) is 0 Å². The monoisotopic (exact) mass is 160 g/mol. The van der Waals surface area contributed by atoms with Crippen LogP contribution in [-0.2, 0) is 14.3 Å². The number of hydrogen-bond donors (Lipinski definition) is 1. The molecule has 1 N–H and O–H groups in total. The van der Waals surface area contributed by atoms with Crippen LogP contribution in [0.4, 0.5) is 0 Å². The van der Waals surface area contributed by atoms with Crippen molar-refractivity contribution in [2.24, 2.45) is 5.41 Å². The summed E-state index contributed by atoms with van der Waals surface area (Å²) < 4.78 is 9.77. The van der Waals surface area contributed by atoms with Crippen molar-refractivity contribution in [2.75, 3.05) is 14.2 Å². The average molecular weight is 160 g/mol. The Labute approximate surface area is 65.1 Å². The fourth-order valence-electron chi connectivity index (χ4n) is 1.23. The second-order valence-electron chi connectivity index (χ2n) is 2.76. The number of rotatable bonds is 4. The minimum Gasteiger partial charge on any atom is -0.481 e. The van der Waals surface area contributed by atoms with E-state index in [1.165, 1.54) is 14.2 Å². The van der Waals surface area contributed by atoms with Crippen molar-refractivity contribution in [1.29, 1.82) is 0 Å². The van der Waals surface area contributed by atoms with Crippen molar-refractivity contribution in [2.45, 2.75) is 19.1 Å². The van der Waals surface area contributed by atoms with Gasteiger partial charge in [-0.15, -0.1) is 0 Å². The Balaban J connectivity index is 2.63. The first kappa shape index (κ1) is 8.49. The number of methoxy groups -OCH3 is 2. The molecule has 0 aromatic heterocycles. The number of hydrogen-bond acceptors (Lipinski definition) is 3. The van der Waals surface area contributed by atoms with Crippen LogP contribution in [0.5, 0.6) is 0 Å². The van der Waals surface area contributed by atoms with Gasteiger partial charge in [0.15, 0.2) is 6.29 Å². The zero-order valence-corrected chi connectivity index (χ0v) is 6.66. The summed E-state index contributed by atoms with van der Waals surface area (Å²) in [4.78, 5) is 10.7. The van der Waals surface area contributed by atoms with Crippen LogP contribution in [0.1, 0.15) is 12.8 Å². The van der Waals surface area contributed by atoms with Crippen molar-refractivity contribution in [1.82, 2.24) is 0 Å². The molecule has 0 heterocycles. The van der Waals surface area contributed by atoms with Gasteiger partial charge < -0.3 is 14.6 Å². The third kappa shape index (κ3) is 1.23. The highest BCUT2D eigenvalue weighted by Crippen LogP contribution is 2.50. The summed E-state index contributed by atoms with van der Waals surface area (Å²) >= 11 is 0. The van der Waals surface area contributed by atoms with Gasteiger partial charge in [-0.1, -0.05) is 0 Å². The van der Waals surface area contributed by atoms with Gasteiger partial charge in [0.2, 0.25) is 0 Å². The molecule has 0 unspecified atom stereocenters. The van der Waals surface area contributed by atoms with E-state index in [2.05, 4.69) is 0 Å². The van der Waals surface area contributed by atoms with Crippen LogP contribution in [0.3, 0.4) is 0 Å². The second kappa shape index (κ2) is 2.79. The molecule has 1 saturated carbocycles. The molecule has 0 saturated heterocycles. The van der Waals surface area contributed by atoms with E-state index in [4.69, 9.17) is 14.6 Å². The van der Waals surface area contributed by atoms with Crippen molar-refractivity contribution in [3.05, 3.63) is 0 Å². The maximum absolute atomic E-state index is 10.7. The lowest BCUT2D eigenvalue weighted by Crippen LogP contribution is -2.33. The molecule has 0 bridgehead atoms. The van der Waals surface area contributed by atoms with E-state index in [1.807, 2.05) is 0 Å². The van der Waals surface area contributed by atoms with Crippen LogP contribution in [0.25, 0.3) is 0 Å². The van der Waals surface area contributed by atoms with E-state index in [0.29, 0.717) is 12.8 Å². The minimum absolute atomic E-state index is 0.597. The molecule has 0 aromatic rings. The third-order valence-electron chi connectivity index (χ3n) is 2.09. The second-order valence-corrected chi connectivity index (χ2v) is 2.76. The fourth-order valence-corrected chi connectivity index (χ4v) is 1.23. The number of carboxylic acid groups (broad SMARTS) is 1. The molecule has 0 amide bonds. The summed E-state index contributed by atoms with van der Waals surface area (Å²) in [6.07, 6.45) is 0.698. The number of carboxylic acids is 1. The molecule has 11 heavy (non-hydrogen) atoms. The van der Waals surface area contributed by atoms with Gasteiger partial charge in [-0.3, -0.25) is 4.79 Å². The van der Waals surface area contributed by atoms with Gasteiger partial charge in [-0.25, -0.2) is 0 Å².